The Kier molecular flexibility index (Phi) is 10.4. The number of hydrogen-bond acceptors (Lipinski definition) is 5. The molecule has 0 fully saturated rings. The van der Waals surface area contributed by atoms with E-state index in [-0.39, 0.29) is 5.41 Å². The van der Waals surface area contributed by atoms with Crippen LogP contribution in [0, 0.1) is 5.41 Å². The summed E-state index contributed by atoms with van der Waals surface area (Å²) >= 11 is 0. The van der Waals surface area contributed by atoms with Gasteiger partial charge in [0.15, 0.2) is 0 Å². The van der Waals surface area contributed by atoms with Crippen molar-refractivity contribution in [3.8, 4) is 0 Å². The van der Waals surface area contributed by atoms with E-state index in [0.717, 1.165) is 45.6 Å². The molecule has 0 saturated heterocycles. The standard InChI is InChI=1S/C15H33N3O3/c1-13(12-21-5)18(10-11-20-4)9-7-6-8-15(2,3)14(16)17-19/h13,19H,6-12H2,1-5H3,(H2,16,17). The number of ether oxygens (including phenoxy) is 2. The van der Waals surface area contributed by atoms with Crippen LogP contribution in [0.15, 0.2) is 5.16 Å². The van der Waals surface area contributed by atoms with E-state index in [0.29, 0.717) is 11.9 Å². The van der Waals surface area contributed by atoms with Gasteiger partial charge in [0.1, 0.15) is 5.84 Å². The van der Waals surface area contributed by atoms with Crippen LogP contribution in [0.5, 0.6) is 0 Å². The number of unbranched alkanes of at least 4 members (excludes halogenated alkanes) is 1. The van der Waals surface area contributed by atoms with Crippen LogP contribution in [-0.2, 0) is 9.47 Å². The van der Waals surface area contributed by atoms with Gasteiger partial charge in [-0.2, -0.15) is 0 Å². The SMILES string of the molecule is COCCN(CCCCC(C)(C)C(N)=NO)C(C)COC. The van der Waals surface area contributed by atoms with Gasteiger partial charge in [0.05, 0.1) is 13.2 Å². The minimum Gasteiger partial charge on any atom is -0.409 e. The molecule has 0 aliphatic heterocycles. The molecule has 0 heterocycles. The number of nitrogens with zero attached hydrogens (tertiary/aromatic N) is 2. The maximum atomic E-state index is 8.77. The Labute approximate surface area is 129 Å². The summed E-state index contributed by atoms with van der Waals surface area (Å²) in [6.07, 6.45) is 3.01. The van der Waals surface area contributed by atoms with Gasteiger partial charge >= 0.3 is 0 Å². The monoisotopic (exact) mass is 303 g/mol. The molecule has 0 aromatic heterocycles. The van der Waals surface area contributed by atoms with E-state index in [1.54, 1.807) is 14.2 Å². The van der Waals surface area contributed by atoms with Crippen molar-refractivity contribution in [2.75, 3.05) is 40.5 Å². The van der Waals surface area contributed by atoms with Crippen LogP contribution in [0.4, 0.5) is 0 Å². The zero-order valence-corrected chi connectivity index (χ0v) is 14.3. The van der Waals surface area contributed by atoms with Gasteiger partial charge in [0.2, 0.25) is 0 Å². The summed E-state index contributed by atoms with van der Waals surface area (Å²) in [7, 11) is 3.45. The van der Waals surface area contributed by atoms with Gasteiger partial charge in [-0.1, -0.05) is 25.4 Å². The summed E-state index contributed by atoms with van der Waals surface area (Å²) < 4.78 is 10.4. The second kappa shape index (κ2) is 10.8. The minimum atomic E-state index is -0.260. The normalized spacial score (nSPS) is 14.7. The lowest BCUT2D eigenvalue weighted by Crippen LogP contribution is -2.39. The zero-order chi connectivity index (χ0) is 16.3. The molecule has 0 amide bonds. The molecule has 0 aromatic rings. The number of nitrogens with two attached hydrogens (primary N) is 1. The van der Waals surface area contributed by atoms with E-state index in [4.69, 9.17) is 20.4 Å². The molecule has 6 heteroatoms. The van der Waals surface area contributed by atoms with Crippen LogP contribution in [0.25, 0.3) is 0 Å². The maximum Gasteiger partial charge on any atom is 0.144 e. The lowest BCUT2D eigenvalue weighted by molar-refractivity contribution is 0.0736. The zero-order valence-electron chi connectivity index (χ0n) is 14.3. The molecule has 6 nitrogen and oxygen atoms in total. The third-order valence-corrected chi connectivity index (χ3v) is 3.91. The van der Waals surface area contributed by atoms with E-state index < -0.39 is 0 Å². The van der Waals surface area contributed by atoms with Crippen LogP contribution in [-0.4, -0.2) is 62.5 Å². The van der Waals surface area contributed by atoms with Crippen LogP contribution in [0.2, 0.25) is 0 Å². The predicted octanol–water partition coefficient (Wildman–Crippen LogP) is 1.91. The average Bonchev–Trinajstić information content (AvgIpc) is 2.45. The molecule has 3 N–H and O–H groups in total. The molecular formula is C15H33N3O3. The van der Waals surface area contributed by atoms with E-state index in [1.165, 1.54) is 0 Å². The first kappa shape index (κ1) is 20.1. The Morgan fingerprint density at radius 2 is 1.90 bits per heavy atom. The predicted molar refractivity (Wildman–Crippen MR) is 85.8 cm³/mol. The van der Waals surface area contributed by atoms with Crippen molar-refractivity contribution >= 4 is 5.84 Å². The molecular weight excluding hydrogens is 270 g/mol. The molecule has 0 saturated carbocycles. The number of oxime groups is 1. The fraction of sp³-hybridized carbons (Fsp3) is 0.933. The Morgan fingerprint density at radius 1 is 1.24 bits per heavy atom. The lowest BCUT2D eigenvalue weighted by atomic mass is 9.86. The van der Waals surface area contributed by atoms with Crippen molar-refractivity contribution < 1.29 is 14.7 Å². The van der Waals surface area contributed by atoms with Gasteiger partial charge in [-0.05, 0) is 26.3 Å². The number of rotatable bonds is 12. The quantitative estimate of drug-likeness (QED) is 0.189. The van der Waals surface area contributed by atoms with Crippen LogP contribution < -0.4 is 5.73 Å². The van der Waals surface area contributed by atoms with Crippen molar-refractivity contribution in [3.05, 3.63) is 0 Å². The Bertz CT molecular complexity index is 296. The van der Waals surface area contributed by atoms with Crippen molar-refractivity contribution in [1.82, 2.24) is 4.90 Å². The molecule has 126 valence electrons. The minimum absolute atomic E-state index is 0.260. The van der Waals surface area contributed by atoms with E-state index in [2.05, 4.69) is 17.0 Å². The van der Waals surface area contributed by atoms with Gasteiger partial charge in [-0.15, -0.1) is 0 Å². The molecule has 0 aliphatic carbocycles. The highest BCUT2D eigenvalue weighted by Crippen LogP contribution is 2.23. The first-order chi connectivity index (χ1) is 9.88. The van der Waals surface area contributed by atoms with Crippen molar-refractivity contribution in [1.29, 1.82) is 0 Å². The van der Waals surface area contributed by atoms with Crippen LogP contribution in [0.3, 0.4) is 0 Å². The third-order valence-electron chi connectivity index (χ3n) is 3.91. The molecule has 0 bridgehead atoms. The molecule has 0 radical (unpaired) electrons. The first-order valence-corrected chi connectivity index (χ1v) is 7.59. The summed E-state index contributed by atoms with van der Waals surface area (Å²) in [5, 5.41) is 11.9. The maximum absolute atomic E-state index is 8.77. The average molecular weight is 303 g/mol. The van der Waals surface area contributed by atoms with Crippen molar-refractivity contribution in [3.63, 3.8) is 0 Å². The summed E-state index contributed by atoms with van der Waals surface area (Å²) in [5.74, 6) is 0.298. The number of hydrogen-bond donors (Lipinski definition) is 2. The Balaban J connectivity index is 4.18. The Hall–Kier alpha value is -0.850. The van der Waals surface area contributed by atoms with Crippen molar-refractivity contribution in [2.45, 2.75) is 46.1 Å². The largest absolute Gasteiger partial charge is 0.409 e. The highest BCUT2D eigenvalue weighted by atomic mass is 16.5. The van der Waals surface area contributed by atoms with Gasteiger partial charge in [0.25, 0.3) is 0 Å². The highest BCUT2D eigenvalue weighted by Gasteiger charge is 2.23. The van der Waals surface area contributed by atoms with E-state index >= 15 is 0 Å². The number of methoxy groups -OCH3 is 2. The summed E-state index contributed by atoms with van der Waals surface area (Å²) in [6.45, 7) is 9.52. The van der Waals surface area contributed by atoms with Crippen LogP contribution in [0.1, 0.15) is 40.0 Å². The van der Waals surface area contributed by atoms with E-state index in [1.807, 2.05) is 13.8 Å². The van der Waals surface area contributed by atoms with Gasteiger partial charge in [-0.3, -0.25) is 4.90 Å². The highest BCUT2D eigenvalue weighted by molar-refractivity contribution is 5.85. The summed E-state index contributed by atoms with van der Waals surface area (Å²) in [5.41, 5.74) is 5.44. The topological polar surface area (TPSA) is 80.3 Å². The fourth-order valence-electron chi connectivity index (χ4n) is 2.25. The van der Waals surface area contributed by atoms with Crippen molar-refractivity contribution in [2.24, 2.45) is 16.3 Å². The molecule has 0 spiro atoms. The molecule has 21 heavy (non-hydrogen) atoms. The molecule has 0 aromatic carbocycles. The van der Waals surface area contributed by atoms with Crippen LogP contribution >= 0.6 is 0 Å². The van der Waals surface area contributed by atoms with Gasteiger partial charge in [-0.25, -0.2) is 0 Å². The lowest BCUT2D eigenvalue weighted by Gasteiger charge is -2.29. The molecule has 1 unspecified atom stereocenters. The first-order valence-electron chi connectivity index (χ1n) is 7.59. The van der Waals surface area contributed by atoms with Gasteiger partial charge < -0.3 is 20.4 Å². The molecule has 0 rings (SSSR count). The smallest absolute Gasteiger partial charge is 0.144 e. The third kappa shape index (κ3) is 8.24. The Morgan fingerprint density at radius 3 is 2.43 bits per heavy atom. The number of amidine groups is 1. The van der Waals surface area contributed by atoms with E-state index in [9.17, 15) is 0 Å². The van der Waals surface area contributed by atoms with Gasteiger partial charge in [0, 0.05) is 32.2 Å². The fourth-order valence-corrected chi connectivity index (χ4v) is 2.25. The second-order valence-corrected chi connectivity index (χ2v) is 6.16. The second-order valence-electron chi connectivity index (χ2n) is 6.16. The summed E-state index contributed by atoms with van der Waals surface area (Å²) in [6, 6.07) is 0.377. The molecule has 0 aliphatic rings. The summed E-state index contributed by atoms with van der Waals surface area (Å²) in [4.78, 5) is 2.38. The molecule has 1 atom stereocenters.